The van der Waals surface area contributed by atoms with E-state index < -0.39 is 0 Å². The topological polar surface area (TPSA) is 90.2 Å². The van der Waals surface area contributed by atoms with Crippen LogP contribution >= 0.6 is 0 Å². The first-order chi connectivity index (χ1) is 9.61. The lowest BCUT2D eigenvalue weighted by atomic mass is 10.1. The van der Waals surface area contributed by atoms with Crippen LogP contribution in [0, 0.1) is 0 Å². The van der Waals surface area contributed by atoms with Crippen molar-refractivity contribution in [2.24, 2.45) is 0 Å². The van der Waals surface area contributed by atoms with Gasteiger partial charge < -0.3 is 25.0 Å². The zero-order valence-corrected chi connectivity index (χ0v) is 11.2. The summed E-state index contributed by atoms with van der Waals surface area (Å²) in [4.78, 5) is 13.9. The van der Waals surface area contributed by atoms with E-state index in [1.807, 2.05) is 0 Å². The van der Waals surface area contributed by atoms with E-state index in [2.05, 4.69) is 0 Å². The minimum absolute atomic E-state index is 0.00366. The van der Waals surface area contributed by atoms with Crippen LogP contribution < -0.4 is 0 Å². The molecule has 0 spiro atoms. The van der Waals surface area contributed by atoms with Crippen LogP contribution in [0.1, 0.15) is 23.2 Å². The van der Waals surface area contributed by atoms with Crippen molar-refractivity contribution in [1.29, 1.82) is 0 Å². The summed E-state index contributed by atoms with van der Waals surface area (Å²) in [6.45, 7) is 1.37. The molecule has 1 amide bonds. The van der Waals surface area contributed by atoms with E-state index in [1.54, 1.807) is 4.90 Å². The second-order valence-electron chi connectivity index (χ2n) is 4.79. The molecule has 1 heterocycles. The van der Waals surface area contributed by atoms with Gasteiger partial charge in [0.1, 0.15) is 11.5 Å². The average Bonchev–Trinajstić information content (AvgIpc) is 2.47. The fraction of sp³-hybridized carbons (Fsp3) is 0.500. The Morgan fingerprint density at radius 2 is 2.00 bits per heavy atom. The lowest BCUT2D eigenvalue weighted by Gasteiger charge is -2.32. The number of rotatable bonds is 4. The predicted octanol–water partition coefficient (Wildman–Crippen LogP) is 0.711. The van der Waals surface area contributed by atoms with Crippen molar-refractivity contribution in [3.05, 3.63) is 23.8 Å². The number of hydrogen-bond donors (Lipinski definition) is 3. The van der Waals surface area contributed by atoms with Crippen LogP contribution in [0.5, 0.6) is 11.5 Å². The van der Waals surface area contributed by atoms with Crippen molar-refractivity contribution >= 4 is 5.91 Å². The summed E-state index contributed by atoms with van der Waals surface area (Å²) in [6, 6.07) is 3.91. The largest absolute Gasteiger partial charge is 0.508 e. The summed E-state index contributed by atoms with van der Waals surface area (Å²) >= 11 is 0. The summed E-state index contributed by atoms with van der Waals surface area (Å²) < 4.78 is 5.43. The number of carbonyl (C=O) groups excluding carboxylic acids is 1. The van der Waals surface area contributed by atoms with Gasteiger partial charge in [-0.1, -0.05) is 0 Å². The summed E-state index contributed by atoms with van der Waals surface area (Å²) in [5, 5.41) is 27.8. The standard InChI is InChI=1S/C14H19NO5/c16-7-8-20-11-3-5-15(6-4-11)14(19)12-9-10(17)1-2-13(12)18/h1-2,9,11,16-18H,3-8H2. The third kappa shape index (κ3) is 3.40. The second-order valence-corrected chi connectivity index (χ2v) is 4.79. The number of carbonyl (C=O) groups is 1. The summed E-state index contributed by atoms with van der Waals surface area (Å²) in [5.74, 6) is -0.474. The number of nitrogens with zero attached hydrogens (tertiary/aromatic N) is 1. The molecule has 6 heteroatoms. The van der Waals surface area contributed by atoms with Gasteiger partial charge in [0.25, 0.3) is 5.91 Å². The smallest absolute Gasteiger partial charge is 0.257 e. The number of likely N-dealkylation sites (tertiary alicyclic amines) is 1. The first kappa shape index (κ1) is 14.6. The van der Waals surface area contributed by atoms with Gasteiger partial charge in [-0.2, -0.15) is 0 Å². The Labute approximate surface area is 117 Å². The Morgan fingerprint density at radius 1 is 1.30 bits per heavy atom. The number of piperidine rings is 1. The van der Waals surface area contributed by atoms with E-state index in [-0.39, 0.29) is 35.7 Å². The molecule has 0 saturated carbocycles. The van der Waals surface area contributed by atoms with E-state index in [0.717, 1.165) is 0 Å². The predicted molar refractivity (Wildman–Crippen MR) is 71.7 cm³/mol. The van der Waals surface area contributed by atoms with Crippen molar-refractivity contribution in [3.63, 3.8) is 0 Å². The van der Waals surface area contributed by atoms with Crippen LogP contribution in [-0.2, 0) is 4.74 Å². The van der Waals surface area contributed by atoms with Gasteiger partial charge in [-0.25, -0.2) is 0 Å². The van der Waals surface area contributed by atoms with E-state index in [4.69, 9.17) is 9.84 Å². The van der Waals surface area contributed by atoms with Crippen molar-refractivity contribution in [1.82, 2.24) is 4.90 Å². The van der Waals surface area contributed by atoms with Crippen molar-refractivity contribution < 1.29 is 24.9 Å². The zero-order chi connectivity index (χ0) is 14.5. The molecule has 0 unspecified atom stereocenters. The molecule has 1 saturated heterocycles. The number of ether oxygens (including phenoxy) is 1. The molecule has 1 aromatic rings. The minimum atomic E-state index is -0.293. The van der Waals surface area contributed by atoms with Gasteiger partial charge in [0, 0.05) is 13.1 Å². The molecule has 1 aromatic carbocycles. The maximum absolute atomic E-state index is 12.3. The van der Waals surface area contributed by atoms with E-state index >= 15 is 0 Å². The maximum atomic E-state index is 12.3. The highest BCUT2D eigenvalue weighted by Crippen LogP contribution is 2.25. The van der Waals surface area contributed by atoms with Crippen LogP contribution in [-0.4, -0.2) is 58.5 Å². The van der Waals surface area contributed by atoms with Crippen LogP contribution in [0.4, 0.5) is 0 Å². The van der Waals surface area contributed by atoms with Crippen molar-refractivity contribution in [2.45, 2.75) is 18.9 Å². The second kappa shape index (κ2) is 6.58. The number of phenolic OH excluding ortho intramolecular Hbond substituents is 2. The molecule has 110 valence electrons. The molecule has 0 radical (unpaired) electrons. The van der Waals surface area contributed by atoms with Gasteiger partial charge in [-0.05, 0) is 31.0 Å². The van der Waals surface area contributed by atoms with Crippen LogP contribution in [0.25, 0.3) is 0 Å². The van der Waals surface area contributed by atoms with Crippen LogP contribution in [0.3, 0.4) is 0 Å². The fourth-order valence-electron chi connectivity index (χ4n) is 2.31. The monoisotopic (exact) mass is 281 g/mol. The lowest BCUT2D eigenvalue weighted by Crippen LogP contribution is -2.41. The molecular weight excluding hydrogens is 262 g/mol. The molecule has 1 fully saturated rings. The Balaban J connectivity index is 1.96. The van der Waals surface area contributed by atoms with Gasteiger partial charge in [0.05, 0.1) is 24.9 Å². The van der Waals surface area contributed by atoms with Gasteiger partial charge in [0.2, 0.25) is 0 Å². The molecule has 0 aromatic heterocycles. The number of aromatic hydroxyl groups is 2. The normalized spacial score (nSPS) is 16.4. The van der Waals surface area contributed by atoms with Gasteiger partial charge in [0.15, 0.2) is 0 Å². The highest BCUT2D eigenvalue weighted by molar-refractivity contribution is 5.97. The number of phenols is 2. The van der Waals surface area contributed by atoms with Crippen LogP contribution in [0.2, 0.25) is 0 Å². The van der Waals surface area contributed by atoms with Gasteiger partial charge >= 0.3 is 0 Å². The van der Waals surface area contributed by atoms with E-state index in [0.29, 0.717) is 32.5 Å². The quantitative estimate of drug-likeness (QED) is 0.707. The molecule has 0 bridgehead atoms. The van der Waals surface area contributed by atoms with Crippen molar-refractivity contribution in [3.8, 4) is 11.5 Å². The third-order valence-electron chi connectivity index (χ3n) is 3.38. The molecule has 1 aliphatic heterocycles. The molecule has 6 nitrogen and oxygen atoms in total. The fourth-order valence-corrected chi connectivity index (χ4v) is 2.31. The number of hydrogen-bond acceptors (Lipinski definition) is 5. The first-order valence-electron chi connectivity index (χ1n) is 6.65. The Hall–Kier alpha value is -1.79. The van der Waals surface area contributed by atoms with E-state index in [9.17, 15) is 15.0 Å². The molecule has 0 aliphatic carbocycles. The summed E-state index contributed by atoms with van der Waals surface area (Å²) in [6.07, 6.45) is 1.46. The maximum Gasteiger partial charge on any atom is 0.257 e. The molecule has 3 N–H and O–H groups in total. The number of benzene rings is 1. The number of aliphatic hydroxyl groups excluding tert-OH is 1. The summed E-state index contributed by atoms with van der Waals surface area (Å²) in [5.41, 5.74) is 0.111. The Kier molecular flexibility index (Phi) is 4.81. The zero-order valence-electron chi connectivity index (χ0n) is 11.2. The van der Waals surface area contributed by atoms with E-state index in [1.165, 1.54) is 18.2 Å². The Bertz CT molecular complexity index is 469. The molecular formula is C14H19NO5. The highest BCUT2D eigenvalue weighted by Gasteiger charge is 2.25. The minimum Gasteiger partial charge on any atom is -0.508 e. The SMILES string of the molecule is O=C(c1cc(O)ccc1O)N1CCC(OCCO)CC1. The molecule has 1 aliphatic rings. The van der Waals surface area contributed by atoms with Gasteiger partial charge in [-0.3, -0.25) is 4.79 Å². The average molecular weight is 281 g/mol. The number of aliphatic hydroxyl groups is 1. The van der Waals surface area contributed by atoms with Gasteiger partial charge in [-0.15, -0.1) is 0 Å². The van der Waals surface area contributed by atoms with Crippen molar-refractivity contribution in [2.75, 3.05) is 26.3 Å². The molecule has 2 rings (SSSR count). The van der Waals surface area contributed by atoms with Crippen LogP contribution in [0.15, 0.2) is 18.2 Å². The lowest BCUT2D eigenvalue weighted by molar-refractivity contribution is -0.00559. The summed E-state index contributed by atoms with van der Waals surface area (Å²) in [7, 11) is 0. The third-order valence-corrected chi connectivity index (χ3v) is 3.38. The highest BCUT2D eigenvalue weighted by atomic mass is 16.5. The first-order valence-corrected chi connectivity index (χ1v) is 6.65. The molecule has 20 heavy (non-hydrogen) atoms. The Morgan fingerprint density at radius 3 is 2.65 bits per heavy atom. The number of amides is 1. The molecule has 0 atom stereocenters.